The van der Waals surface area contributed by atoms with Gasteiger partial charge in [0, 0.05) is 49.8 Å². The lowest BCUT2D eigenvalue weighted by Crippen LogP contribution is -2.60. The normalized spacial score (nSPS) is 18.8. The topological polar surface area (TPSA) is 96.8 Å². The fraction of sp³-hybridized carbons (Fsp3) is 0.500. The van der Waals surface area contributed by atoms with Crippen LogP contribution in [-0.4, -0.2) is 66.2 Å². The smallest absolute Gasteiger partial charge is 0.321 e. The summed E-state index contributed by atoms with van der Waals surface area (Å²) in [5.41, 5.74) is 0.962. The first-order chi connectivity index (χ1) is 14.2. The quantitative estimate of drug-likeness (QED) is 0.799. The number of amides is 2. The van der Waals surface area contributed by atoms with Gasteiger partial charge in [0.1, 0.15) is 11.6 Å². The van der Waals surface area contributed by atoms with Gasteiger partial charge in [0.05, 0.1) is 18.9 Å². The molecule has 0 saturated carbocycles. The van der Waals surface area contributed by atoms with Gasteiger partial charge in [-0.25, -0.2) is 18.2 Å². The van der Waals surface area contributed by atoms with E-state index >= 15 is 0 Å². The number of nitrogens with zero attached hydrogens (tertiary/aromatic N) is 4. The number of aromatic nitrogens is 2. The van der Waals surface area contributed by atoms with Crippen LogP contribution in [0.2, 0.25) is 0 Å². The number of carbonyl (C=O) groups is 1. The number of imidazole rings is 1. The molecule has 2 aliphatic rings. The van der Waals surface area contributed by atoms with Gasteiger partial charge in [0.2, 0.25) is 10.0 Å². The van der Waals surface area contributed by atoms with Crippen LogP contribution in [0.4, 0.5) is 10.5 Å². The molecule has 0 aliphatic carbocycles. The average molecular weight is 434 g/mol. The molecule has 1 spiro atoms. The first-order valence-corrected chi connectivity index (χ1v) is 11.8. The minimum Gasteiger partial charge on any atom is -0.497 e. The number of ether oxygens (including phenoxy) is 1. The van der Waals surface area contributed by atoms with Crippen LogP contribution in [0.15, 0.2) is 30.5 Å². The van der Waals surface area contributed by atoms with E-state index in [9.17, 15) is 13.2 Å². The molecule has 30 heavy (non-hydrogen) atoms. The van der Waals surface area contributed by atoms with Crippen LogP contribution in [0.1, 0.15) is 24.4 Å². The second kappa shape index (κ2) is 7.59. The molecule has 9 nitrogen and oxygen atoms in total. The van der Waals surface area contributed by atoms with E-state index in [0.29, 0.717) is 50.5 Å². The number of likely N-dealkylation sites (tertiary alicyclic amines) is 1. The number of fused-ring (bicyclic) bond motifs is 2. The summed E-state index contributed by atoms with van der Waals surface area (Å²) in [5, 5.41) is 2.90. The predicted octanol–water partition coefficient (Wildman–Crippen LogP) is 2.00. The van der Waals surface area contributed by atoms with E-state index in [2.05, 4.69) is 14.9 Å². The zero-order valence-corrected chi connectivity index (χ0v) is 18.3. The molecule has 0 unspecified atom stereocenters. The third kappa shape index (κ3) is 3.54. The molecular weight excluding hydrogens is 406 g/mol. The van der Waals surface area contributed by atoms with E-state index in [0.717, 1.165) is 11.5 Å². The van der Waals surface area contributed by atoms with Gasteiger partial charge >= 0.3 is 6.03 Å². The Morgan fingerprint density at radius 1 is 1.20 bits per heavy atom. The summed E-state index contributed by atoms with van der Waals surface area (Å²) in [7, 11) is -1.84. The van der Waals surface area contributed by atoms with E-state index in [1.165, 1.54) is 6.26 Å². The maximum absolute atomic E-state index is 12.8. The highest BCUT2D eigenvalue weighted by Gasteiger charge is 2.51. The molecular formula is C20H27N5O4S. The maximum atomic E-state index is 12.8. The molecule has 1 fully saturated rings. The number of piperidine rings is 1. The number of carbonyl (C=O) groups excluding carboxylic acids is 1. The van der Waals surface area contributed by atoms with Crippen molar-refractivity contribution in [1.82, 2.24) is 18.8 Å². The molecule has 1 N–H and O–H groups in total. The van der Waals surface area contributed by atoms with Crippen LogP contribution in [0.5, 0.6) is 5.75 Å². The Morgan fingerprint density at radius 2 is 1.93 bits per heavy atom. The SMILES string of the molecule is COc1cccc(NC(=O)N2CCC3(CC2)c2ncc(C)n2CCN3S(C)(=O)=O)c1. The largest absolute Gasteiger partial charge is 0.497 e. The third-order valence-electron chi connectivity index (χ3n) is 6.07. The summed E-state index contributed by atoms with van der Waals surface area (Å²) in [6.45, 7) is 3.87. The number of hydrogen-bond acceptors (Lipinski definition) is 5. The molecule has 1 saturated heterocycles. The molecule has 0 bridgehead atoms. The summed E-state index contributed by atoms with van der Waals surface area (Å²) >= 11 is 0. The molecule has 4 rings (SSSR count). The Labute approximate surface area is 176 Å². The van der Waals surface area contributed by atoms with Crippen LogP contribution in [0, 0.1) is 6.92 Å². The minimum atomic E-state index is -3.41. The standard InChI is InChI=1S/C20H27N5O4S/c1-15-14-21-18-20(25(30(3,27)28)12-11-24(15)18)7-9-23(10-8-20)19(26)22-16-5-4-6-17(13-16)29-2/h4-6,13-14H,7-12H2,1-3H3,(H,22,26). The number of nitrogens with one attached hydrogen (secondary N) is 1. The van der Waals surface area contributed by atoms with Gasteiger partial charge in [-0.2, -0.15) is 4.31 Å². The number of anilines is 1. The Kier molecular flexibility index (Phi) is 5.23. The molecule has 0 radical (unpaired) electrons. The lowest BCUT2D eigenvalue weighted by atomic mass is 9.85. The van der Waals surface area contributed by atoms with Crippen LogP contribution < -0.4 is 10.1 Å². The number of sulfonamides is 1. The van der Waals surface area contributed by atoms with Gasteiger partial charge in [-0.15, -0.1) is 0 Å². The number of aryl methyl sites for hydroxylation is 1. The molecule has 2 amide bonds. The van der Waals surface area contributed by atoms with Gasteiger partial charge in [0.25, 0.3) is 0 Å². The van der Waals surface area contributed by atoms with Crippen molar-refractivity contribution in [2.45, 2.75) is 31.8 Å². The maximum Gasteiger partial charge on any atom is 0.321 e. The van der Waals surface area contributed by atoms with Crippen LogP contribution in [0.25, 0.3) is 0 Å². The summed E-state index contributed by atoms with van der Waals surface area (Å²) in [4.78, 5) is 19.1. The number of benzene rings is 1. The van der Waals surface area contributed by atoms with E-state index in [1.54, 1.807) is 34.6 Å². The van der Waals surface area contributed by atoms with Crippen molar-refractivity contribution in [2.75, 3.05) is 38.3 Å². The molecule has 162 valence electrons. The van der Waals surface area contributed by atoms with Gasteiger partial charge in [-0.05, 0) is 31.9 Å². The number of rotatable bonds is 3. The summed E-state index contributed by atoms with van der Waals surface area (Å²) < 4.78 is 34.0. The fourth-order valence-corrected chi connectivity index (χ4v) is 5.88. The highest BCUT2D eigenvalue weighted by atomic mass is 32.2. The molecule has 2 aromatic rings. The lowest BCUT2D eigenvalue weighted by Gasteiger charge is -2.49. The molecule has 1 aromatic carbocycles. The van der Waals surface area contributed by atoms with Crippen molar-refractivity contribution in [3.05, 3.63) is 42.0 Å². The summed E-state index contributed by atoms with van der Waals surface area (Å²) in [5.74, 6) is 1.45. The predicted molar refractivity (Wildman–Crippen MR) is 113 cm³/mol. The second-order valence-corrected chi connectivity index (χ2v) is 9.80. The first kappa shape index (κ1) is 20.7. The third-order valence-corrected chi connectivity index (χ3v) is 7.41. The van der Waals surface area contributed by atoms with Gasteiger partial charge < -0.3 is 19.5 Å². The van der Waals surface area contributed by atoms with Gasteiger partial charge in [0.15, 0.2) is 0 Å². The van der Waals surface area contributed by atoms with E-state index in [4.69, 9.17) is 4.74 Å². The second-order valence-electron chi connectivity index (χ2n) is 7.89. The van der Waals surface area contributed by atoms with E-state index in [1.807, 2.05) is 19.1 Å². The Morgan fingerprint density at radius 3 is 2.60 bits per heavy atom. The van der Waals surface area contributed by atoms with Crippen LogP contribution in [0.3, 0.4) is 0 Å². The van der Waals surface area contributed by atoms with Crippen molar-refractivity contribution in [1.29, 1.82) is 0 Å². The Balaban J connectivity index is 1.54. The Bertz CT molecular complexity index is 1060. The number of methoxy groups -OCH3 is 1. The van der Waals surface area contributed by atoms with E-state index < -0.39 is 15.6 Å². The van der Waals surface area contributed by atoms with Crippen LogP contribution >= 0.6 is 0 Å². The first-order valence-electron chi connectivity index (χ1n) is 9.95. The number of hydrogen-bond donors (Lipinski definition) is 1. The molecule has 3 heterocycles. The van der Waals surface area contributed by atoms with Crippen molar-refractivity contribution >= 4 is 21.7 Å². The van der Waals surface area contributed by atoms with Crippen molar-refractivity contribution in [2.24, 2.45) is 0 Å². The van der Waals surface area contributed by atoms with Crippen LogP contribution in [-0.2, 0) is 22.1 Å². The summed E-state index contributed by atoms with van der Waals surface area (Å²) in [6, 6.07) is 6.98. The highest BCUT2D eigenvalue weighted by molar-refractivity contribution is 7.88. The number of urea groups is 1. The molecule has 1 aromatic heterocycles. The minimum absolute atomic E-state index is 0.209. The summed E-state index contributed by atoms with van der Waals surface area (Å²) in [6.07, 6.45) is 4.05. The zero-order chi connectivity index (χ0) is 21.5. The average Bonchev–Trinajstić information content (AvgIpc) is 3.10. The van der Waals surface area contributed by atoms with Gasteiger partial charge in [-0.3, -0.25) is 0 Å². The molecule has 2 aliphatic heterocycles. The highest BCUT2D eigenvalue weighted by Crippen LogP contribution is 2.42. The Hall–Kier alpha value is -2.59. The lowest BCUT2D eigenvalue weighted by molar-refractivity contribution is 0.0619. The monoisotopic (exact) mass is 433 g/mol. The van der Waals surface area contributed by atoms with Crippen molar-refractivity contribution < 1.29 is 17.9 Å². The van der Waals surface area contributed by atoms with Crippen molar-refractivity contribution in [3.63, 3.8) is 0 Å². The molecule has 0 atom stereocenters. The fourth-order valence-electron chi connectivity index (χ4n) is 4.57. The van der Waals surface area contributed by atoms with Crippen molar-refractivity contribution in [3.8, 4) is 5.75 Å². The zero-order valence-electron chi connectivity index (χ0n) is 17.5. The molecule has 10 heteroatoms. The van der Waals surface area contributed by atoms with E-state index in [-0.39, 0.29) is 6.03 Å². The van der Waals surface area contributed by atoms with Gasteiger partial charge in [-0.1, -0.05) is 6.07 Å².